The van der Waals surface area contributed by atoms with Crippen molar-refractivity contribution in [2.45, 2.75) is 39.2 Å². The average molecular weight is 184 g/mol. The van der Waals surface area contributed by atoms with Crippen LogP contribution in [-0.2, 0) is 4.79 Å². The number of carbonyl (C=O) groups is 1. The smallest absolute Gasteiger partial charge is 0.234 e. The van der Waals surface area contributed by atoms with Gasteiger partial charge < -0.3 is 5.73 Å². The van der Waals surface area contributed by atoms with Gasteiger partial charge >= 0.3 is 0 Å². The Morgan fingerprint density at radius 1 is 1.62 bits per heavy atom. The molecular weight excluding hydrogens is 164 g/mol. The molecule has 1 atom stereocenters. The van der Waals surface area contributed by atoms with Gasteiger partial charge in [-0.1, -0.05) is 13.8 Å². The molecule has 1 aliphatic rings. The maximum absolute atomic E-state index is 11.0. The molecule has 0 aliphatic carbocycles. The summed E-state index contributed by atoms with van der Waals surface area (Å²) in [5.74, 6) is 0.551. The van der Waals surface area contributed by atoms with Crippen molar-refractivity contribution in [3.8, 4) is 0 Å². The third-order valence-corrected chi connectivity index (χ3v) is 2.69. The molecular formula is C10H20N2O. The van der Waals surface area contributed by atoms with Gasteiger partial charge in [0, 0.05) is 0 Å². The first-order valence-electron chi connectivity index (χ1n) is 5.14. The van der Waals surface area contributed by atoms with Gasteiger partial charge in [0.05, 0.1) is 6.04 Å². The molecule has 1 saturated heterocycles. The van der Waals surface area contributed by atoms with E-state index in [0.717, 1.165) is 32.4 Å². The lowest BCUT2D eigenvalue weighted by Gasteiger charge is -2.22. The van der Waals surface area contributed by atoms with Crippen LogP contribution >= 0.6 is 0 Å². The summed E-state index contributed by atoms with van der Waals surface area (Å²) in [6, 6.07) is 0.0127. The number of carbonyl (C=O) groups excluding carboxylic acids is 1. The van der Waals surface area contributed by atoms with Crippen molar-refractivity contribution in [3.63, 3.8) is 0 Å². The van der Waals surface area contributed by atoms with Gasteiger partial charge in [0.1, 0.15) is 0 Å². The van der Waals surface area contributed by atoms with Crippen molar-refractivity contribution in [1.29, 1.82) is 0 Å². The van der Waals surface area contributed by atoms with Crippen molar-refractivity contribution in [1.82, 2.24) is 4.90 Å². The fraction of sp³-hybridized carbons (Fsp3) is 0.900. The second kappa shape index (κ2) is 4.61. The van der Waals surface area contributed by atoms with E-state index in [1.807, 2.05) is 0 Å². The zero-order chi connectivity index (χ0) is 9.84. The Kier molecular flexibility index (Phi) is 3.72. The van der Waals surface area contributed by atoms with Crippen molar-refractivity contribution in [2.75, 3.05) is 13.1 Å². The molecule has 13 heavy (non-hydrogen) atoms. The van der Waals surface area contributed by atoms with Crippen molar-refractivity contribution in [2.24, 2.45) is 11.7 Å². The number of nitrogens with two attached hydrogens (primary N) is 1. The summed E-state index contributed by atoms with van der Waals surface area (Å²) < 4.78 is 0. The van der Waals surface area contributed by atoms with Gasteiger partial charge in [-0.25, -0.2) is 0 Å². The molecule has 1 aliphatic heterocycles. The molecule has 0 aromatic carbocycles. The van der Waals surface area contributed by atoms with Crippen molar-refractivity contribution < 1.29 is 4.79 Å². The third kappa shape index (κ3) is 2.99. The molecule has 0 saturated carbocycles. The van der Waals surface area contributed by atoms with Crippen molar-refractivity contribution >= 4 is 5.91 Å². The number of primary amides is 1. The summed E-state index contributed by atoms with van der Waals surface area (Å²) >= 11 is 0. The maximum Gasteiger partial charge on any atom is 0.234 e. The van der Waals surface area contributed by atoms with Crippen molar-refractivity contribution in [3.05, 3.63) is 0 Å². The highest BCUT2D eigenvalue weighted by Crippen LogP contribution is 2.17. The summed E-state index contributed by atoms with van der Waals surface area (Å²) in [5.41, 5.74) is 5.31. The molecule has 1 heterocycles. The summed E-state index contributed by atoms with van der Waals surface area (Å²) in [6.07, 6.45) is 3.23. The topological polar surface area (TPSA) is 46.3 Å². The minimum Gasteiger partial charge on any atom is -0.368 e. The number of hydrogen-bond acceptors (Lipinski definition) is 2. The predicted octanol–water partition coefficient (Wildman–Crippen LogP) is 0.982. The molecule has 1 fully saturated rings. The van der Waals surface area contributed by atoms with Crippen LogP contribution in [-0.4, -0.2) is 29.9 Å². The van der Waals surface area contributed by atoms with Crippen LogP contribution in [0.5, 0.6) is 0 Å². The number of nitrogens with zero attached hydrogens (tertiary/aromatic N) is 1. The molecule has 76 valence electrons. The molecule has 0 unspecified atom stereocenters. The van der Waals surface area contributed by atoms with Crippen LogP contribution in [0.25, 0.3) is 0 Å². The first kappa shape index (κ1) is 10.5. The fourth-order valence-electron chi connectivity index (χ4n) is 1.84. The summed E-state index contributed by atoms with van der Waals surface area (Å²) in [6.45, 7) is 6.47. The highest BCUT2D eigenvalue weighted by molar-refractivity contribution is 5.80. The van der Waals surface area contributed by atoms with E-state index in [1.165, 1.54) is 0 Å². The predicted molar refractivity (Wildman–Crippen MR) is 53.2 cm³/mol. The lowest BCUT2D eigenvalue weighted by molar-refractivity contribution is -0.122. The van der Waals surface area contributed by atoms with Gasteiger partial charge in [-0.3, -0.25) is 9.69 Å². The lowest BCUT2D eigenvalue weighted by Crippen LogP contribution is -2.40. The van der Waals surface area contributed by atoms with Gasteiger partial charge in [-0.05, 0) is 38.3 Å². The average Bonchev–Trinajstić information content (AvgIpc) is 2.47. The lowest BCUT2D eigenvalue weighted by atomic mass is 10.1. The highest BCUT2D eigenvalue weighted by Gasteiger charge is 2.28. The van der Waals surface area contributed by atoms with Gasteiger partial charge in [-0.15, -0.1) is 0 Å². The molecule has 1 amide bonds. The Morgan fingerprint density at radius 2 is 2.31 bits per heavy atom. The number of likely N-dealkylation sites (tertiary alicyclic amines) is 1. The minimum atomic E-state index is -0.152. The van der Waals surface area contributed by atoms with E-state index in [9.17, 15) is 4.79 Å². The zero-order valence-electron chi connectivity index (χ0n) is 8.62. The van der Waals surface area contributed by atoms with Gasteiger partial charge in [-0.2, -0.15) is 0 Å². The van der Waals surface area contributed by atoms with E-state index in [1.54, 1.807) is 0 Å². The standard InChI is InChI=1S/C10H20N2O/c1-8(2)5-7-12-6-3-4-9(12)10(11)13/h8-9H,3-7H2,1-2H3,(H2,11,13)/t9-/m1/s1. The van der Waals surface area contributed by atoms with Crippen LogP contribution in [0, 0.1) is 5.92 Å². The molecule has 2 N–H and O–H groups in total. The molecule has 0 bridgehead atoms. The van der Waals surface area contributed by atoms with Crippen LogP contribution in [0.1, 0.15) is 33.1 Å². The number of amides is 1. The monoisotopic (exact) mass is 184 g/mol. The van der Waals surface area contributed by atoms with Gasteiger partial charge in [0.15, 0.2) is 0 Å². The summed E-state index contributed by atoms with van der Waals surface area (Å²) in [4.78, 5) is 13.3. The Morgan fingerprint density at radius 3 is 2.85 bits per heavy atom. The first-order chi connectivity index (χ1) is 6.11. The van der Waals surface area contributed by atoms with E-state index in [4.69, 9.17) is 5.73 Å². The summed E-state index contributed by atoms with van der Waals surface area (Å²) in [5, 5.41) is 0. The SMILES string of the molecule is CC(C)CCN1CCC[C@@H]1C(N)=O. The molecule has 0 aromatic heterocycles. The summed E-state index contributed by atoms with van der Waals surface area (Å²) in [7, 11) is 0. The fourth-order valence-corrected chi connectivity index (χ4v) is 1.84. The van der Waals surface area contributed by atoms with E-state index in [2.05, 4.69) is 18.7 Å². The van der Waals surface area contributed by atoms with Crippen LogP contribution < -0.4 is 5.73 Å². The number of rotatable bonds is 4. The van der Waals surface area contributed by atoms with E-state index >= 15 is 0 Å². The highest BCUT2D eigenvalue weighted by atomic mass is 16.1. The molecule has 0 radical (unpaired) electrons. The van der Waals surface area contributed by atoms with Gasteiger partial charge in [0.2, 0.25) is 5.91 Å². The Labute approximate surface area is 80.3 Å². The first-order valence-corrected chi connectivity index (χ1v) is 5.14. The zero-order valence-corrected chi connectivity index (χ0v) is 8.62. The second-order valence-corrected chi connectivity index (χ2v) is 4.28. The van der Waals surface area contributed by atoms with E-state index < -0.39 is 0 Å². The number of hydrogen-bond donors (Lipinski definition) is 1. The molecule has 0 spiro atoms. The van der Waals surface area contributed by atoms with Crippen LogP contribution in [0.15, 0.2) is 0 Å². The van der Waals surface area contributed by atoms with Crippen LogP contribution in [0.3, 0.4) is 0 Å². The van der Waals surface area contributed by atoms with E-state index in [-0.39, 0.29) is 11.9 Å². The van der Waals surface area contributed by atoms with Crippen LogP contribution in [0.4, 0.5) is 0 Å². The Balaban J connectivity index is 2.35. The minimum absolute atomic E-state index is 0.0127. The van der Waals surface area contributed by atoms with Gasteiger partial charge in [0.25, 0.3) is 0 Å². The normalized spacial score (nSPS) is 24.1. The van der Waals surface area contributed by atoms with E-state index in [0.29, 0.717) is 5.92 Å². The Bertz CT molecular complexity index is 180. The largest absolute Gasteiger partial charge is 0.368 e. The Hall–Kier alpha value is -0.570. The molecule has 3 nitrogen and oxygen atoms in total. The van der Waals surface area contributed by atoms with Crippen LogP contribution in [0.2, 0.25) is 0 Å². The maximum atomic E-state index is 11.0. The quantitative estimate of drug-likeness (QED) is 0.708. The molecule has 0 aromatic rings. The molecule has 3 heteroatoms. The molecule has 1 rings (SSSR count). The third-order valence-electron chi connectivity index (χ3n) is 2.69. The second-order valence-electron chi connectivity index (χ2n) is 4.28.